The van der Waals surface area contributed by atoms with Crippen molar-refractivity contribution in [3.63, 3.8) is 0 Å². The first kappa shape index (κ1) is 23.8. The number of phenolic OH excluding ortho intramolecular Hbond substituents is 1. The summed E-state index contributed by atoms with van der Waals surface area (Å²) in [6.07, 6.45) is 0. The van der Waals surface area contributed by atoms with E-state index in [1.165, 1.54) is 29.4 Å². The number of thiophene rings is 1. The Morgan fingerprint density at radius 2 is 1.94 bits per heavy atom. The van der Waals surface area contributed by atoms with Gasteiger partial charge in [0.1, 0.15) is 11.5 Å². The molecule has 1 fully saturated rings. The molecule has 1 aliphatic rings. The monoisotopic (exact) mass is 543 g/mol. The smallest absolute Gasteiger partial charge is 0.295 e. The Kier molecular flexibility index (Phi) is 6.95. The van der Waals surface area contributed by atoms with E-state index in [1.807, 2.05) is 17.5 Å². The molecular formula is C25H22BrNO6S. The summed E-state index contributed by atoms with van der Waals surface area (Å²) in [7, 11) is 1.52. The number of hydrogen-bond donors (Lipinski definition) is 2. The molecule has 1 saturated heterocycles. The molecule has 2 heterocycles. The standard InChI is InChI=1S/C25H22BrNO6S/c1-3-33-20-12-14(6-8-18(20)28)22-21(23(29)15-7-9-19(32-2)17(26)11-15)24(30)25(31)27(22)13-16-5-4-10-34-16/h4-12,22,28-29H,3,13H2,1-2H3/b23-21-. The highest BCUT2D eigenvalue weighted by Gasteiger charge is 2.46. The van der Waals surface area contributed by atoms with Gasteiger partial charge in [0.05, 0.1) is 36.3 Å². The molecule has 4 rings (SSSR count). The third-order valence-corrected chi connectivity index (χ3v) is 6.95. The molecule has 1 atom stereocenters. The van der Waals surface area contributed by atoms with Crippen LogP contribution in [-0.4, -0.2) is 40.5 Å². The quantitative estimate of drug-likeness (QED) is 0.240. The van der Waals surface area contributed by atoms with Crippen LogP contribution >= 0.6 is 27.3 Å². The zero-order chi connectivity index (χ0) is 24.4. The first-order valence-electron chi connectivity index (χ1n) is 10.5. The van der Waals surface area contributed by atoms with E-state index in [0.29, 0.717) is 28.0 Å². The van der Waals surface area contributed by atoms with E-state index in [0.717, 1.165) is 4.88 Å². The van der Waals surface area contributed by atoms with Gasteiger partial charge in [-0.25, -0.2) is 0 Å². The molecule has 1 aliphatic heterocycles. The number of carbonyl (C=O) groups excluding carboxylic acids is 2. The van der Waals surface area contributed by atoms with E-state index in [1.54, 1.807) is 37.3 Å². The van der Waals surface area contributed by atoms with E-state index >= 15 is 0 Å². The predicted octanol–water partition coefficient (Wildman–Crippen LogP) is 5.25. The van der Waals surface area contributed by atoms with Crippen molar-refractivity contribution >= 4 is 44.7 Å². The number of phenols is 1. The minimum atomic E-state index is -0.872. The molecule has 1 unspecified atom stereocenters. The van der Waals surface area contributed by atoms with E-state index in [9.17, 15) is 19.8 Å². The zero-order valence-electron chi connectivity index (χ0n) is 18.4. The van der Waals surface area contributed by atoms with Crippen LogP contribution in [0.5, 0.6) is 17.2 Å². The number of ether oxygens (including phenoxy) is 2. The van der Waals surface area contributed by atoms with Gasteiger partial charge in [0.25, 0.3) is 11.7 Å². The van der Waals surface area contributed by atoms with E-state index in [4.69, 9.17) is 9.47 Å². The maximum Gasteiger partial charge on any atom is 0.295 e. The van der Waals surface area contributed by atoms with Gasteiger partial charge in [-0.15, -0.1) is 11.3 Å². The minimum absolute atomic E-state index is 0.0354. The highest BCUT2D eigenvalue weighted by molar-refractivity contribution is 9.10. The van der Waals surface area contributed by atoms with Gasteiger partial charge < -0.3 is 24.6 Å². The molecule has 2 N–H and O–H groups in total. The minimum Gasteiger partial charge on any atom is -0.507 e. The third kappa shape index (κ3) is 4.41. The average Bonchev–Trinajstić information content (AvgIpc) is 3.42. The predicted molar refractivity (Wildman–Crippen MR) is 132 cm³/mol. The molecule has 1 amide bonds. The Morgan fingerprint density at radius 3 is 2.59 bits per heavy atom. The van der Waals surface area contributed by atoms with Crippen molar-refractivity contribution in [2.24, 2.45) is 0 Å². The fraction of sp³-hybridized carbons (Fsp3) is 0.200. The number of likely N-dealkylation sites (tertiary alicyclic amines) is 1. The number of benzene rings is 2. The largest absolute Gasteiger partial charge is 0.507 e. The molecule has 176 valence electrons. The number of aliphatic hydroxyl groups is 1. The molecule has 0 spiro atoms. The number of aromatic hydroxyl groups is 1. The van der Waals surface area contributed by atoms with E-state index < -0.39 is 17.7 Å². The lowest BCUT2D eigenvalue weighted by Crippen LogP contribution is -2.28. The molecule has 1 aromatic heterocycles. The molecule has 0 bridgehead atoms. The molecule has 9 heteroatoms. The van der Waals surface area contributed by atoms with E-state index in [-0.39, 0.29) is 29.4 Å². The number of rotatable bonds is 7. The summed E-state index contributed by atoms with van der Waals surface area (Å²) in [5.74, 6) is -1.05. The van der Waals surface area contributed by atoms with Crippen molar-refractivity contribution in [1.29, 1.82) is 0 Å². The second-order valence-corrected chi connectivity index (χ2v) is 9.40. The van der Waals surface area contributed by atoms with Crippen LogP contribution in [0.2, 0.25) is 0 Å². The number of aliphatic hydroxyl groups excluding tert-OH is 1. The average molecular weight is 544 g/mol. The Morgan fingerprint density at radius 1 is 1.15 bits per heavy atom. The van der Waals surface area contributed by atoms with Crippen molar-refractivity contribution in [3.05, 3.63) is 80.0 Å². The van der Waals surface area contributed by atoms with Gasteiger partial charge in [-0.3, -0.25) is 9.59 Å². The fourth-order valence-electron chi connectivity index (χ4n) is 3.90. The third-order valence-electron chi connectivity index (χ3n) is 5.47. The maximum absolute atomic E-state index is 13.2. The van der Waals surface area contributed by atoms with Crippen LogP contribution in [0.25, 0.3) is 5.76 Å². The highest BCUT2D eigenvalue weighted by atomic mass is 79.9. The second kappa shape index (κ2) is 9.90. The number of Topliss-reactive ketones (excluding diaryl/α,β-unsaturated/α-hetero) is 1. The SMILES string of the molecule is CCOc1cc(C2/C(=C(/O)c3ccc(OC)c(Br)c3)C(=O)C(=O)N2Cc2cccs2)ccc1O. The topological polar surface area (TPSA) is 96.3 Å². The van der Waals surface area contributed by atoms with Crippen LogP contribution in [-0.2, 0) is 16.1 Å². The fourth-order valence-corrected chi connectivity index (χ4v) is 5.14. The van der Waals surface area contributed by atoms with Gasteiger partial charge in [-0.2, -0.15) is 0 Å². The molecular weight excluding hydrogens is 522 g/mol. The van der Waals surface area contributed by atoms with Crippen LogP contribution in [0.1, 0.15) is 29.0 Å². The van der Waals surface area contributed by atoms with Crippen molar-refractivity contribution in [2.45, 2.75) is 19.5 Å². The molecule has 0 radical (unpaired) electrons. The highest BCUT2D eigenvalue weighted by Crippen LogP contribution is 2.43. The van der Waals surface area contributed by atoms with Crippen LogP contribution in [0, 0.1) is 0 Å². The molecule has 34 heavy (non-hydrogen) atoms. The zero-order valence-corrected chi connectivity index (χ0v) is 20.9. The molecule has 0 aliphatic carbocycles. The summed E-state index contributed by atoms with van der Waals surface area (Å²) >= 11 is 4.86. The molecule has 7 nitrogen and oxygen atoms in total. The first-order valence-corrected chi connectivity index (χ1v) is 12.1. The van der Waals surface area contributed by atoms with Gasteiger partial charge >= 0.3 is 0 Å². The van der Waals surface area contributed by atoms with Gasteiger partial charge in [0.2, 0.25) is 0 Å². The number of nitrogens with zero attached hydrogens (tertiary/aromatic N) is 1. The Balaban J connectivity index is 1.89. The van der Waals surface area contributed by atoms with Crippen molar-refractivity contribution in [3.8, 4) is 17.2 Å². The summed E-state index contributed by atoms with van der Waals surface area (Å²) in [5, 5.41) is 23.3. The second-order valence-electron chi connectivity index (χ2n) is 7.52. The van der Waals surface area contributed by atoms with Crippen molar-refractivity contribution < 1.29 is 29.3 Å². The normalized spacial score (nSPS) is 17.3. The van der Waals surface area contributed by atoms with Gasteiger partial charge in [0, 0.05) is 10.4 Å². The summed E-state index contributed by atoms with van der Waals surface area (Å²) in [6.45, 7) is 2.31. The maximum atomic E-state index is 13.2. The number of hydrogen-bond acceptors (Lipinski definition) is 7. The van der Waals surface area contributed by atoms with Crippen molar-refractivity contribution in [2.75, 3.05) is 13.7 Å². The Hall–Kier alpha value is -3.30. The Bertz CT molecular complexity index is 1270. The summed E-state index contributed by atoms with van der Waals surface area (Å²) < 4.78 is 11.4. The first-order chi connectivity index (χ1) is 16.3. The summed E-state index contributed by atoms with van der Waals surface area (Å²) in [4.78, 5) is 28.7. The van der Waals surface area contributed by atoms with Crippen LogP contribution in [0.4, 0.5) is 0 Å². The van der Waals surface area contributed by atoms with Gasteiger partial charge in [-0.1, -0.05) is 12.1 Å². The van der Waals surface area contributed by atoms with Crippen molar-refractivity contribution in [1.82, 2.24) is 4.90 Å². The summed E-state index contributed by atoms with van der Waals surface area (Å²) in [6, 6.07) is 12.4. The molecule has 3 aromatic rings. The number of amides is 1. The van der Waals surface area contributed by atoms with Gasteiger partial charge in [0.15, 0.2) is 11.5 Å². The van der Waals surface area contributed by atoms with E-state index in [2.05, 4.69) is 15.9 Å². The van der Waals surface area contributed by atoms with Crippen LogP contribution in [0.15, 0.2) is 64.0 Å². The number of halogens is 1. The number of carbonyl (C=O) groups is 2. The lowest BCUT2D eigenvalue weighted by atomic mass is 9.95. The van der Waals surface area contributed by atoms with Crippen LogP contribution in [0.3, 0.4) is 0 Å². The number of ketones is 1. The Labute approximate surface area is 209 Å². The summed E-state index contributed by atoms with van der Waals surface area (Å²) in [5.41, 5.74) is 0.855. The molecule has 2 aromatic carbocycles. The molecule has 0 saturated carbocycles. The number of methoxy groups -OCH3 is 1. The van der Waals surface area contributed by atoms with Gasteiger partial charge in [-0.05, 0) is 70.2 Å². The lowest BCUT2D eigenvalue weighted by molar-refractivity contribution is -0.140. The van der Waals surface area contributed by atoms with Crippen LogP contribution < -0.4 is 9.47 Å². The lowest BCUT2D eigenvalue weighted by Gasteiger charge is -2.25.